The Labute approximate surface area is 162 Å². The van der Waals surface area contributed by atoms with Crippen LogP contribution in [0.2, 0.25) is 0 Å². The van der Waals surface area contributed by atoms with Crippen LogP contribution in [0.15, 0.2) is 30.3 Å². The van der Waals surface area contributed by atoms with Crippen LogP contribution in [0.25, 0.3) is 0 Å². The van der Waals surface area contributed by atoms with Crippen molar-refractivity contribution < 1.29 is 4.79 Å². The zero-order valence-electron chi connectivity index (χ0n) is 16.9. The Morgan fingerprint density at radius 3 is 2.78 bits per heavy atom. The van der Waals surface area contributed by atoms with E-state index in [1.807, 2.05) is 11.6 Å². The largest absolute Gasteiger partial charge is 0.351 e. The maximum atomic E-state index is 12.5. The van der Waals surface area contributed by atoms with Crippen molar-refractivity contribution in [3.05, 3.63) is 52.8 Å². The molecular formula is C22H32N4O. The number of hydrogen-bond donors (Lipinski definition) is 1. The first-order valence-corrected chi connectivity index (χ1v) is 10.1. The summed E-state index contributed by atoms with van der Waals surface area (Å²) in [7, 11) is 0. The van der Waals surface area contributed by atoms with Gasteiger partial charge in [0.2, 0.25) is 5.91 Å². The summed E-state index contributed by atoms with van der Waals surface area (Å²) in [5.74, 6) is 0.635. The predicted octanol–water partition coefficient (Wildman–Crippen LogP) is 3.41. The number of amides is 1. The van der Waals surface area contributed by atoms with E-state index in [-0.39, 0.29) is 5.91 Å². The van der Waals surface area contributed by atoms with E-state index in [1.165, 1.54) is 12.0 Å². The second-order valence-corrected chi connectivity index (χ2v) is 7.63. The molecule has 1 aromatic heterocycles. The van der Waals surface area contributed by atoms with E-state index in [0.29, 0.717) is 19.0 Å². The summed E-state index contributed by atoms with van der Waals surface area (Å²) < 4.78 is 2.05. The van der Waals surface area contributed by atoms with E-state index >= 15 is 0 Å². The van der Waals surface area contributed by atoms with Crippen molar-refractivity contribution in [3.63, 3.8) is 0 Å². The highest BCUT2D eigenvalue weighted by Gasteiger charge is 2.23. The third-order valence-corrected chi connectivity index (χ3v) is 5.57. The summed E-state index contributed by atoms with van der Waals surface area (Å²) in [5, 5.41) is 7.70. The van der Waals surface area contributed by atoms with Crippen LogP contribution in [0.4, 0.5) is 0 Å². The van der Waals surface area contributed by atoms with Crippen LogP contribution in [0.3, 0.4) is 0 Å². The minimum absolute atomic E-state index is 0.103. The van der Waals surface area contributed by atoms with Gasteiger partial charge in [-0.05, 0) is 51.1 Å². The number of nitrogens with zero attached hydrogens (tertiary/aromatic N) is 3. The molecule has 0 bridgehead atoms. The number of likely N-dealkylation sites (tertiary alicyclic amines) is 1. The molecule has 146 valence electrons. The van der Waals surface area contributed by atoms with Crippen molar-refractivity contribution in [3.8, 4) is 0 Å². The van der Waals surface area contributed by atoms with Crippen LogP contribution in [0.1, 0.15) is 54.6 Å². The highest BCUT2D eigenvalue weighted by Crippen LogP contribution is 2.26. The van der Waals surface area contributed by atoms with Gasteiger partial charge in [0.25, 0.3) is 0 Å². The van der Waals surface area contributed by atoms with Crippen molar-refractivity contribution in [2.75, 3.05) is 19.6 Å². The molecule has 0 radical (unpaired) electrons. The molecule has 27 heavy (non-hydrogen) atoms. The lowest BCUT2D eigenvalue weighted by Crippen LogP contribution is -2.41. The number of carbonyl (C=O) groups is 1. The Morgan fingerprint density at radius 2 is 2.04 bits per heavy atom. The summed E-state index contributed by atoms with van der Waals surface area (Å²) in [6.07, 6.45) is 3.41. The molecule has 1 amide bonds. The first-order chi connectivity index (χ1) is 13.1. The molecule has 0 saturated carbocycles. The maximum absolute atomic E-state index is 12.5. The molecule has 1 aromatic carbocycles. The lowest BCUT2D eigenvalue weighted by molar-refractivity contribution is -0.122. The van der Waals surface area contributed by atoms with Crippen molar-refractivity contribution in [1.29, 1.82) is 0 Å². The molecule has 2 heterocycles. The highest BCUT2D eigenvalue weighted by molar-refractivity contribution is 5.78. The molecule has 3 rings (SSSR count). The van der Waals surface area contributed by atoms with Gasteiger partial charge in [-0.25, -0.2) is 0 Å². The Hall–Kier alpha value is -2.14. The summed E-state index contributed by atoms with van der Waals surface area (Å²) in [6.45, 7) is 10.2. The summed E-state index contributed by atoms with van der Waals surface area (Å²) in [5.41, 5.74) is 4.72. The van der Waals surface area contributed by atoms with Gasteiger partial charge in [-0.2, -0.15) is 5.10 Å². The van der Waals surface area contributed by atoms with E-state index in [1.54, 1.807) is 0 Å². The topological polar surface area (TPSA) is 50.2 Å². The van der Waals surface area contributed by atoms with Crippen LogP contribution in [0, 0.1) is 13.8 Å². The SMILES string of the molecule is CCCn1nc(C)c(CNC(=O)CN2CCCC(c3ccccc3)C2)c1C. The quantitative estimate of drug-likeness (QED) is 0.815. The van der Waals surface area contributed by atoms with E-state index in [0.717, 1.165) is 49.4 Å². The van der Waals surface area contributed by atoms with E-state index in [9.17, 15) is 4.79 Å². The van der Waals surface area contributed by atoms with Gasteiger partial charge in [-0.3, -0.25) is 14.4 Å². The van der Waals surface area contributed by atoms with Gasteiger partial charge in [0.05, 0.1) is 12.2 Å². The number of carbonyl (C=O) groups excluding carboxylic acids is 1. The molecule has 2 aromatic rings. The third kappa shape index (κ3) is 4.98. The molecule has 0 aliphatic carbocycles. The van der Waals surface area contributed by atoms with Gasteiger partial charge in [0.15, 0.2) is 0 Å². The Morgan fingerprint density at radius 1 is 1.26 bits per heavy atom. The first-order valence-electron chi connectivity index (χ1n) is 10.1. The molecular weight excluding hydrogens is 336 g/mol. The highest BCUT2D eigenvalue weighted by atomic mass is 16.2. The monoisotopic (exact) mass is 368 g/mol. The fourth-order valence-corrected chi connectivity index (χ4v) is 4.06. The van der Waals surface area contributed by atoms with Crippen molar-refractivity contribution in [2.45, 2.75) is 59.0 Å². The molecule has 1 saturated heterocycles. The molecule has 1 N–H and O–H groups in total. The summed E-state index contributed by atoms with van der Waals surface area (Å²) in [6, 6.07) is 10.7. The lowest BCUT2D eigenvalue weighted by Gasteiger charge is -2.32. The Bertz CT molecular complexity index is 753. The van der Waals surface area contributed by atoms with Crippen molar-refractivity contribution in [1.82, 2.24) is 20.0 Å². The molecule has 1 unspecified atom stereocenters. The number of aromatic nitrogens is 2. The van der Waals surface area contributed by atoms with Gasteiger partial charge in [-0.1, -0.05) is 37.3 Å². The van der Waals surface area contributed by atoms with Gasteiger partial charge < -0.3 is 5.32 Å². The third-order valence-electron chi connectivity index (χ3n) is 5.57. The summed E-state index contributed by atoms with van der Waals surface area (Å²) in [4.78, 5) is 14.8. The Kier molecular flexibility index (Phi) is 6.67. The number of hydrogen-bond acceptors (Lipinski definition) is 3. The average molecular weight is 369 g/mol. The van der Waals surface area contributed by atoms with Gasteiger partial charge in [0, 0.05) is 30.9 Å². The van der Waals surface area contributed by atoms with E-state index in [4.69, 9.17) is 0 Å². The number of aryl methyl sites for hydroxylation is 2. The zero-order chi connectivity index (χ0) is 19.2. The number of nitrogens with one attached hydrogen (secondary N) is 1. The van der Waals surface area contributed by atoms with E-state index < -0.39 is 0 Å². The molecule has 1 atom stereocenters. The molecule has 1 fully saturated rings. The Balaban J connectivity index is 1.52. The number of benzene rings is 1. The first kappa shape index (κ1) is 19.6. The van der Waals surface area contributed by atoms with Crippen molar-refractivity contribution >= 4 is 5.91 Å². The number of piperidine rings is 1. The summed E-state index contributed by atoms with van der Waals surface area (Å²) >= 11 is 0. The fraction of sp³-hybridized carbons (Fsp3) is 0.545. The second-order valence-electron chi connectivity index (χ2n) is 7.63. The molecule has 5 nitrogen and oxygen atoms in total. The van der Waals surface area contributed by atoms with E-state index in [2.05, 4.69) is 59.5 Å². The van der Waals surface area contributed by atoms with Crippen LogP contribution < -0.4 is 5.32 Å². The molecule has 1 aliphatic rings. The predicted molar refractivity (Wildman–Crippen MR) is 109 cm³/mol. The standard InChI is InChI=1S/C22H32N4O/c1-4-12-26-18(3)21(17(2)24-26)14-23-22(27)16-25-13-8-11-20(15-25)19-9-6-5-7-10-19/h5-7,9-10,20H,4,8,11-16H2,1-3H3,(H,23,27). The normalized spacial score (nSPS) is 17.8. The van der Waals surface area contributed by atoms with Crippen LogP contribution in [-0.2, 0) is 17.9 Å². The molecule has 1 aliphatic heterocycles. The van der Waals surface area contributed by atoms with Crippen molar-refractivity contribution in [2.24, 2.45) is 0 Å². The minimum atomic E-state index is 0.103. The van der Waals surface area contributed by atoms with Crippen LogP contribution in [0.5, 0.6) is 0 Å². The van der Waals surface area contributed by atoms with Gasteiger partial charge in [-0.15, -0.1) is 0 Å². The van der Waals surface area contributed by atoms with Crippen LogP contribution in [-0.4, -0.2) is 40.2 Å². The van der Waals surface area contributed by atoms with Gasteiger partial charge >= 0.3 is 0 Å². The smallest absolute Gasteiger partial charge is 0.234 e. The average Bonchev–Trinajstić information content (AvgIpc) is 2.94. The molecule has 0 spiro atoms. The fourth-order valence-electron chi connectivity index (χ4n) is 4.06. The molecule has 5 heteroatoms. The minimum Gasteiger partial charge on any atom is -0.351 e. The van der Waals surface area contributed by atoms with Crippen LogP contribution >= 0.6 is 0 Å². The van der Waals surface area contributed by atoms with Gasteiger partial charge in [0.1, 0.15) is 0 Å². The number of rotatable bonds is 7. The second kappa shape index (κ2) is 9.18. The maximum Gasteiger partial charge on any atom is 0.234 e. The lowest BCUT2D eigenvalue weighted by atomic mass is 9.91. The zero-order valence-corrected chi connectivity index (χ0v) is 16.9.